The summed E-state index contributed by atoms with van der Waals surface area (Å²) < 4.78 is 37.4. The maximum Gasteiger partial charge on any atom is 0.416 e. The number of benzene rings is 1. The van der Waals surface area contributed by atoms with Gasteiger partial charge in [0.15, 0.2) is 0 Å². The van der Waals surface area contributed by atoms with Gasteiger partial charge in [-0.15, -0.1) is 0 Å². The van der Waals surface area contributed by atoms with Crippen LogP contribution >= 0.6 is 0 Å². The van der Waals surface area contributed by atoms with Crippen LogP contribution in [-0.2, 0) is 6.18 Å². The van der Waals surface area contributed by atoms with Gasteiger partial charge in [-0.3, -0.25) is 0 Å². The standard InChI is InChI=1S/C14H18F3N/c1-9-2-7-13(18)12(8-9)10-3-5-11(6-4-10)14(15,16)17/h3-6,9,12-13H,2,7-8,18H2,1H3. The Kier molecular flexibility index (Phi) is 3.66. The summed E-state index contributed by atoms with van der Waals surface area (Å²) in [6.07, 6.45) is -1.24. The van der Waals surface area contributed by atoms with Crippen molar-refractivity contribution in [1.82, 2.24) is 0 Å². The molecular weight excluding hydrogens is 239 g/mol. The Morgan fingerprint density at radius 3 is 2.28 bits per heavy atom. The lowest BCUT2D eigenvalue weighted by atomic mass is 9.76. The minimum absolute atomic E-state index is 0.0675. The van der Waals surface area contributed by atoms with Gasteiger partial charge >= 0.3 is 6.18 Å². The lowest BCUT2D eigenvalue weighted by molar-refractivity contribution is -0.137. The molecule has 1 aromatic carbocycles. The lowest BCUT2D eigenvalue weighted by Gasteiger charge is -2.33. The fourth-order valence-electron chi connectivity index (χ4n) is 2.71. The molecule has 1 aliphatic rings. The monoisotopic (exact) mass is 257 g/mol. The first-order valence-electron chi connectivity index (χ1n) is 6.30. The van der Waals surface area contributed by atoms with Crippen molar-refractivity contribution in [3.05, 3.63) is 35.4 Å². The second-order valence-electron chi connectivity index (χ2n) is 5.31. The summed E-state index contributed by atoms with van der Waals surface area (Å²) in [5.41, 5.74) is 6.41. The molecule has 0 aliphatic heterocycles. The third kappa shape index (κ3) is 2.86. The van der Waals surface area contributed by atoms with Gasteiger partial charge in [0.25, 0.3) is 0 Å². The lowest BCUT2D eigenvalue weighted by Crippen LogP contribution is -2.33. The minimum Gasteiger partial charge on any atom is -0.327 e. The van der Waals surface area contributed by atoms with E-state index in [0.717, 1.165) is 37.0 Å². The maximum atomic E-state index is 12.5. The van der Waals surface area contributed by atoms with Gasteiger partial charge in [0, 0.05) is 6.04 Å². The van der Waals surface area contributed by atoms with Crippen LogP contribution in [0.3, 0.4) is 0 Å². The van der Waals surface area contributed by atoms with Crippen molar-refractivity contribution in [2.75, 3.05) is 0 Å². The van der Waals surface area contributed by atoms with Crippen molar-refractivity contribution in [3.8, 4) is 0 Å². The molecule has 1 saturated carbocycles. The molecule has 2 rings (SSSR count). The van der Waals surface area contributed by atoms with Gasteiger partial charge in [-0.25, -0.2) is 0 Å². The highest BCUT2D eigenvalue weighted by atomic mass is 19.4. The van der Waals surface area contributed by atoms with Gasteiger partial charge in [0.05, 0.1) is 5.56 Å². The third-order valence-electron chi connectivity index (χ3n) is 3.83. The average molecular weight is 257 g/mol. The van der Waals surface area contributed by atoms with E-state index in [1.165, 1.54) is 0 Å². The van der Waals surface area contributed by atoms with E-state index in [-0.39, 0.29) is 12.0 Å². The minimum atomic E-state index is -4.26. The Hall–Kier alpha value is -1.03. The number of alkyl halides is 3. The average Bonchev–Trinajstić information content (AvgIpc) is 2.31. The van der Waals surface area contributed by atoms with Crippen molar-refractivity contribution in [1.29, 1.82) is 0 Å². The van der Waals surface area contributed by atoms with Crippen molar-refractivity contribution < 1.29 is 13.2 Å². The Bertz CT molecular complexity index is 396. The van der Waals surface area contributed by atoms with E-state index in [1.807, 2.05) is 0 Å². The van der Waals surface area contributed by atoms with Gasteiger partial charge < -0.3 is 5.73 Å². The van der Waals surface area contributed by atoms with Gasteiger partial charge in [-0.1, -0.05) is 19.1 Å². The van der Waals surface area contributed by atoms with Crippen molar-refractivity contribution >= 4 is 0 Å². The molecule has 1 aromatic rings. The van der Waals surface area contributed by atoms with Crippen molar-refractivity contribution in [3.63, 3.8) is 0 Å². The van der Waals surface area contributed by atoms with Crippen LogP contribution in [-0.4, -0.2) is 6.04 Å². The molecular formula is C14H18F3N. The summed E-state index contributed by atoms with van der Waals surface area (Å²) in [7, 11) is 0. The van der Waals surface area contributed by atoms with Crippen LogP contribution in [0.4, 0.5) is 13.2 Å². The van der Waals surface area contributed by atoms with Crippen LogP contribution in [0.15, 0.2) is 24.3 Å². The van der Waals surface area contributed by atoms with E-state index in [0.29, 0.717) is 5.92 Å². The van der Waals surface area contributed by atoms with Crippen LogP contribution in [0.25, 0.3) is 0 Å². The van der Waals surface area contributed by atoms with E-state index in [9.17, 15) is 13.2 Å². The largest absolute Gasteiger partial charge is 0.416 e. The molecule has 2 N–H and O–H groups in total. The van der Waals surface area contributed by atoms with Crippen molar-refractivity contribution in [2.45, 2.75) is 44.3 Å². The van der Waals surface area contributed by atoms with Crippen LogP contribution in [0.5, 0.6) is 0 Å². The zero-order valence-electron chi connectivity index (χ0n) is 10.4. The second kappa shape index (κ2) is 4.92. The first-order valence-corrected chi connectivity index (χ1v) is 6.30. The molecule has 0 aromatic heterocycles. The number of rotatable bonds is 1. The van der Waals surface area contributed by atoms with Crippen molar-refractivity contribution in [2.24, 2.45) is 11.7 Å². The van der Waals surface area contributed by atoms with Crippen LogP contribution in [0.2, 0.25) is 0 Å². The van der Waals surface area contributed by atoms with Gasteiger partial charge in [-0.2, -0.15) is 13.2 Å². The van der Waals surface area contributed by atoms with Crippen LogP contribution < -0.4 is 5.73 Å². The predicted octanol–water partition coefficient (Wildman–Crippen LogP) is 3.94. The number of nitrogens with two attached hydrogens (primary N) is 1. The molecule has 1 nitrogen and oxygen atoms in total. The van der Waals surface area contributed by atoms with E-state index >= 15 is 0 Å². The Morgan fingerprint density at radius 1 is 1.11 bits per heavy atom. The highest BCUT2D eigenvalue weighted by Gasteiger charge is 2.31. The SMILES string of the molecule is CC1CCC(N)C(c2ccc(C(F)(F)F)cc2)C1. The number of halogens is 3. The van der Waals surface area contributed by atoms with E-state index in [4.69, 9.17) is 5.73 Å². The van der Waals surface area contributed by atoms with Crippen LogP contribution in [0, 0.1) is 5.92 Å². The number of hydrogen-bond acceptors (Lipinski definition) is 1. The summed E-state index contributed by atoms with van der Waals surface area (Å²) in [6, 6.07) is 5.53. The van der Waals surface area contributed by atoms with E-state index in [2.05, 4.69) is 6.92 Å². The quantitative estimate of drug-likeness (QED) is 0.810. The molecule has 0 saturated heterocycles. The molecule has 4 heteroatoms. The Balaban J connectivity index is 2.18. The molecule has 100 valence electrons. The predicted molar refractivity (Wildman–Crippen MR) is 65.2 cm³/mol. The summed E-state index contributed by atoms with van der Waals surface area (Å²) in [6.45, 7) is 2.17. The van der Waals surface area contributed by atoms with Crippen LogP contribution in [0.1, 0.15) is 43.2 Å². The molecule has 0 radical (unpaired) electrons. The molecule has 3 unspecified atom stereocenters. The fraction of sp³-hybridized carbons (Fsp3) is 0.571. The Morgan fingerprint density at radius 2 is 1.72 bits per heavy atom. The highest BCUT2D eigenvalue weighted by Crippen LogP contribution is 2.36. The molecule has 1 fully saturated rings. The zero-order chi connectivity index (χ0) is 13.3. The summed E-state index contributed by atoms with van der Waals surface area (Å²) in [4.78, 5) is 0. The molecule has 18 heavy (non-hydrogen) atoms. The molecule has 0 amide bonds. The molecule has 1 aliphatic carbocycles. The molecule has 3 atom stereocenters. The number of hydrogen-bond donors (Lipinski definition) is 1. The summed E-state index contributed by atoms with van der Waals surface area (Å²) in [5, 5.41) is 0. The molecule has 0 heterocycles. The van der Waals surface area contributed by atoms with Gasteiger partial charge in [-0.05, 0) is 48.8 Å². The first kappa shape index (κ1) is 13.4. The first-order chi connectivity index (χ1) is 8.38. The fourth-order valence-corrected chi connectivity index (χ4v) is 2.71. The maximum absolute atomic E-state index is 12.5. The van der Waals surface area contributed by atoms with E-state index < -0.39 is 11.7 Å². The third-order valence-corrected chi connectivity index (χ3v) is 3.83. The van der Waals surface area contributed by atoms with Gasteiger partial charge in [0.1, 0.15) is 0 Å². The van der Waals surface area contributed by atoms with Gasteiger partial charge in [0.2, 0.25) is 0 Å². The topological polar surface area (TPSA) is 26.0 Å². The molecule has 0 bridgehead atoms. The normalized spacial score (nSPS) is 29.3. The molecule has 0 spiro atoms. The summed E-state index contributed by atoms with van der Waals surface area (Å²) >= 11 is 0. The second-order valence-corrected chi connectivity index (χ2v) is 5.31. The van der Waals surface area contributed by atoms with E-state index in [1.54, 1.807) is 12.1 Å². The smallest absolute Gasteiger partial charge is 0.327 e. The Labute approximate surface area is 105 Å². The summed E-state index contributed by atoms with van der Waals surface area (Å²) in [5.74, 6) is 0.785. The highest BCUT2D eigenvalue weighted by molar-refractivity contribution is 5.28. The zero-order valence-corrected chi connectivity index (χ0v) is 10.4.